The van der Waals surface area contributed by atoms with Crippen LogP contribution < -0.4 is 11.1 Å². The Morgan fingerprint density at radius 1 is 1.75 bits per heavy atom. The third kappa shape index (κ3) is 2.57. The maximum absolute atomic E-state index is 10.5. The van der Waals surface area contributed by atoms with E-state index in [9.17, 15) is 4.79 Å². The number of pyridine rings is 1. The van der Waals surface area contributed by atoms with E-state index < -0.39 is 0 Å². The highest BCUT2D eigenvalue weighted by Gasteiger charge is 1.94. The number of nitrogens with zero attached hydrogens (tertiary/aromatic N) is 1. The Kier molecular flexibility index (Phi) is 2.63. The van der Waals surface area contributed by atoms with Gasteiger partial charge in [0.1, 0.15) is 5.82 Å². The molecule has 0 aliphatic carbocycles. The number of nitrogens with one attached hydrogen (secondary N) is 1. The molecular formula is C8H11N3O. The summed E-state index contributed by atoms with van der Waals surface area (Å²) >= 11 is 0. The maximum Gasteiger partial charge on any atom is 0.217 e. The lowest BCUT2D eigenvalue weighted by molar-refractivity contribution is -0.119. The van der Waals surface area contributed by atoms with E-state index in [0.717, 1.165) is 5.56 Å². The molecule has 0 atom stereocenters. The lowest BCUT2D eigenvalue weighted by Gasteiger charge is -2.01. The molecule has 0 bridgehead atoms. The standard InChI is InChI=1S/C8H11N3O/c1-6(12)11-5-7-2-3-10-8(9)4-7/h2-4H,5H2,1H3,(H2,9,10)(H,11,12). The summed E-state index contributed by atoms with van der Waals surface area (Å²) in [6.45, 7) is 1.98. The molecule has 12 heavy (non-hydrogen) atoms. The van der Waals surface area contributed by atoms with Crippen LogP contribution in [-0.4, -0.2) is 10.9 Å². The van der Waals surface area contributed by atoms with Gasteiger partial charge in [0.15, 0.2) is 0 Å². The molecule has 0 aliphatic heterocycles. The Morgan fingerprint density at radius 2 is 2.50 bits per heavy atom. The highest BCUT2D eigenvalue weighted by Crippen LogP contribution is 2.01. The first kappa shape index (κ1) is 8.52. The lowest BCUT2D eigenvalue weighted by atomic mass is 10.2. The van der Waals surface area contributed by atoms with Crippen LogP contribution in [-0.2, 0) is 11.3 Å². The largest absolute Gasteiger partial charge is 0.384 e. The molecule has 0 aromatic carbocycles. The van der Waals surface area contributed by atoms with Gasteiger partial charge in [-0.3, -0.25) is 4.79 Å². The van der Waals surface area contributed by atoms with Crippen molar-refractivity contribution in [1.29, 1.82) is 0 Å². The molecule has 64 valence electrons. The Labute approximate surface area is 70.8 Å². The van der Waals surface area contributed by atoms with Crippen LogP contribution in [0.3, 0.4) is 0 Å². The van der Waals surface area contributed by atoms with E-state index >= 15 is 0 Å². The number of carbonyl (C=O) groups excluding carboxylic acids is 1. The van der Waals surface area contributed by atoms with Gasteiger partial charge in [-0.1, -0.05) is 0 Å². The fourth-order valence-electron chi connectivity index (χ4n) is 0.831. The number of nitrogen functional groups attached to an aromatic ring is 1. The number of carbonyl (C=O) groups is 1. The van der Waals surface area contributed by atoms with Crippen molar-refractivity contribution in [2.75, 3.05) is 5.73 Å². The molecule has 3 N–H and O–H groups in total. The van der Waals surface area contributed by atoms with Crippen LogP contribution in [0, 0.1) is 0 Å². The van der Waals surface area contributed by atoms with E-state index in [0.29, 0.717) is 12.4 Å². The third-order valence-corrected chi connectivity index (χ3v) is 1.39. The molecule has 0 fully saturated rings. The van der Waals surface area contributed by atoms with E-state index in [4.69, 9.17) is 5.73 Å². The molecular weight excluding hydrogens is 154 g/mol. The summed E-state index contributed by atoms with van der Waals surface area (Å²) in [4.78, 5) is 14.4. The molecule has 0 radical (unpaired) electrons. The van der Waals surface area contributed by atoms with Crippen LogP contribution in [0.4, 0.5) is 5.82 Å². The second kappa shape index (κ2) is 3.71. The predicted octanol–water partition coefficient (Wildman–Crippen LogP) is 0.300. The first-order valence-corrected chi connectivity index (χ1v) is 3.63. The summed E-state index contributed by atoms with van der Waals surface area (Å²) in [6, 6.07) is 3.54. The van der Waals surface area contributed by atoms with Gasteiger partial charge in [0, 0.05) is 19.7 Å². The average Bonchev–Trinajstić information content (AvgIpc) is 2.01. The number of amides is 1. The minimum atomic E-state index is -0.0506. The van der Waals surface area contributed by atoms with E-state index in [1.54, 1.807) is 12.3 Å². The summed E-state index contributed by atoms with van der Waals surface area (Å²) in [5.41, 5.74) is 6.40. The zero-order valence-corrected chi connectivity index (χ0v) is 6.87. The van der Waals surface area contributed by atoms with Crippen molar-refractivity contribution in [2.24, 2.45) is 0 Å². The van der Waals surface area contributed by atoms with Crippen molar-refractivity contribution in [2.45, 2.75) is 13.5 Å². The van der Waals surface area contributed by atoms with Crippen LogP contribution in [0.2, 0.25) is 0 Å². The fraction of sp³-hybridized carbons (Fsp3) is 0.250. The summed E-state index contributed by atoms with van der Waals surface area (Å²) in [7, 11) is 0. The fourth-order valence-corrected chi connectivity index (χ4v) is 0.831. The normalized spacial score (nSPS) is 9.42. The minimum absolute atomic E-state index is 0.0506. The zero-order valence-electron chi connectivity index (χ0n) is 6.87. The van der Waals surface area contributed by atoms with Gasteiger partial charge in [-0.2, -0.15) is 0 Å². The third-order valence-electron chi connectivity index (χ3n) is 1.39. The molecule has 0 spiro atoms. The van der Waals surface area contributed by atoms with E-state index in [-0.39, 0.29) is 5.91 Å². The molecule has 1 aromatic heterocycles. The molecule has 0 saturated heterocycles. The highest BCUT2D eigenvalue weighted by atomic mass is 16.1. The smallest absolute Gasteiger partial charge is 0.217 e. The summed E-state index contributed by atoms with van der Waals surface area (Å²) in [6.07, 6.45) is 1.62. The second-order valence-corrected chi connectivity index (χ2v) is 2.50. The van der Waals surface area contributed by atoms with Gasteiger partial charge in [0.05, 0.1) is 0 Å². The highest BCUT2D eigenvalue weighted by molar-refractivity contribution is 5.72. The van der Waals surface area contributed by atoms with Gasteiger partial charge in [-0.25, -0.2) is 4.98 Å². The van der Waals surface area contributed by atoms with Gasteiger partial charge in [-0.05, 0) is 17.7 Å². The van der Waals surface area contributed by atoms with E-state index in [2.05, 4.69) is 10.3 Å². The Bertz CT molecular complexity index is 285. The number of aromatic nitrogens is 1. The SMILES string of the molecule is CC(=O)NCc1ccnc(N)c1. The van der Waals surface area contributed by atoms with Crippen molar-refractivity contribution >= 4 is 11.7 Å². The van der Waals surface area contributed by atoms with Crippen LogP contribution >= 0.6 is 0 Å². The topological polar surface area (TPSA) is 68.0 Å². The number of hydrogen-bond donors (Lipinski definition) is 2. The monoisotopic (exact) mass is 165 g/mol. The zero-order chi connectivity index (χ0) is 8.97. The molecule has 1 aromatic rings. The minimum Gasteiger partial charge on any atom is -0.384 e. The van der Waals surface area contributed by atoms with Crippen LogP contribution in [0.1, 0.15) is 12.5 Å². The number of hydrogen-bond acceptors (Lipinski definition) is 3. The van der Waals surface area contributed by atoms with Gasteiger partial charge >= 0.3 is 0 Å². The molecule has 0 aliphatic rings. The van der Waals surface area contributed by atoms with Crippen molar-refractivity contribution < 1.29 is 4.79 Å². The van der Waals surface area contributed by atoms with Gasteiger partial charge < -0.3 is 11.1 Å². The Hall–Kier alpha value is -1.58. The van der Waals surface area contributed by atoms with Crippen molar-refractivity contribution in [3.8, 4) is 0 Å². The lowest BCUT2D eigenvalue weighted by Crippen LogP contribution is -2.18. The van der Waals surface area contributed by atoms with Crippen molar-refractivity contribution in [3.63, 3.8) is 0 Å². The summed E-state index contributed by atoms with van der Waals surface area (Å²) in [5.74, 6) is 0.420. The Balaban J connectivity index is 2.57. The average molecular weight is 165 g/mol. The summed E-state index contributed by atoms with van der Waals surface area (Å²) < 4.78 is 0. The van der Waals surface area contributed by atoms with Crippen molar-refractivity contribution in [3.05, 3.63) is 23.9 Å². The number of anilines is 1. The predicted molar refractivity (Wildman–Crippen MR) is 46.2 cm³/mol. The second-order valence-electron chi connectivity index (χ2n) is 2.50. The van der Waals surface area contributed by atoms with E-state index in [1.165, 1.54) is 6.92 Å². The molecule has 4 heteroatoms. The van der Waals surface area contributed by atoms with Gasteiger partial charge in [0.2, 0.25) is 5.91 Å². The molecule has 1 rings (SSSR count). The maximum atomic E-state index is 10.5. The van der Waals surface area contributed by atoms with Crippen LogP contribution in [0.25, 0.3) is 0 Å². The first-order chi connectivity index (χ1) is 5.68. The first-order valence-electron chi connectivity index (χ1n) is 3.63. The van der Waals surface area contributed by atoms with Crippen LogP contribution in [0.15, 0.2) is 18.3 Å². The van der Waals surface area contributed by atoms with Crippen molar-refractivity contribution in [1.82, 2.24) is 10.3 Å². The molecule has 1 amide bonds. The van der Waals surface area contributed by atoms with E-state index in [1.807, 2.05) is 6.07 Å². The number of nitrogens with two attached hydrogens (primary N) is 1. The van der Waals surface area contributed by atoms with Crippen LogP contribution in [0.5, 0.6) is 0 Å². The Morgan fingerprint density at radius 3 is 3.08 bits per heavy atom. The summed E-state index contributed by atoms with van der Waals surface area (Å²) in [5, 5.41) is 2.67. The molecule has 4 nitrogen and oxygen atoms in total. The molecule has 1 heterocycles. The van der Waals surface area contributed by atoms with Gasteiger partial charge in [-0.15, -0.1) is 0 Å². The number of rotatable bonds is 2. The molecule has 0 saturated carbocycles. The van der Waals surface area contributed by atoms with Gasteiger partial charge in [0.25, 0.3) is 0 Å². The molecule has 0 unspecified atom stereocenters. The quantitative estimate of drug-likeness (QED) is 0.662.